The van der Waals surface area contributed by atoms with Crippen LogP contribution in [-0.4, -0.2) is 29.4 Å². The molecule has 0 spiro atoms. The lowest BCUT2D eigenvalue weighted by Gasteiger charge is -2.30. The number of hydrogen-bond donors (Lipinski definition) is 1. The Morgan fingerprint density at radius 1 is 1.50 bits per heavy atom. The molecular weight excluding hydrogens is 200 g/mol. The van der Waals surface area contributed by atoms with Gasteiger partial charge in [0.05, 0.1) is 12.1 Å². The van der Waals surface area contributed by atoms with Gasteiger partial charge >= 0.3 is 0 Å². The first-order valence-corrected chi connectivity index (χ1v) is 6.07. The van der Waals surface area contributed by atoms with Crippen molar-refractivity contribution >= 4 is 5.91 Å². The number of carbonyl (C=O) groups excluding carboxylic acids is 1. The summed E-state index contributed by atoms with van der Waals surface area (Å²) in [5.41, 5.74) is 5.43. The summed E-state index contributed by atoms with van der Waals surface area (Å²) in [5.74, 6) is 3.62. The van der Waals surface area contributed by atoms with Gasteiger partial charge in [-0.2, -0.15) is 0 Å². The first-order valence-electron chi connectivity index (χ1n) is 6.07. The van der Waals surface area contributed by atoms with Crippen molar-refractivity contribution in [3.05, 3.63) is 0 Å². The van der Waals surface area contributed by atoms with Gasteiger partial charge in [-0.3, -0.25) is 4.79 Å². The highest BCUT2D eigenvalue weighted by Gasteiger charge is 2.46. The highest BCUT2D eigenvalue weighted by atomic mass is 16.2. The summed E-state index contributed by atoms with van der Waals surface area (Å²) in [6.07, 6.45) is 9.91. The van der Waals surface area contributed by atoms with Crippen LogP contribution in [0.4, 0.5) is 0 Å². The minimum atomic E-state index is -0.703. The van der Waals surface area contributed by atoms with Gasteiger partial charge in [0.25, 0.3) is 0 Å². The van der Waals surface area contributed by atoms with Gasteiger partial charge in [-0.1, -0.05) is 5.92 Å². The van der Waals surface area contributed by atoms with Crippen molar-refractivity contribution < 1.29 is 4.79 Å². The molecule has 1 unspecified atom stereocenters. The van der Waals surface area contributed by atoms with E-state index in [2.05, 4.69) is 5.92 Å². The summed E-state index contributed by atoms with van der Waals surface area (Å²) in [6.45, 7) is 3.04. The van der Waals surface area contributed by atoms with Crippen molar-refractivity contribution in [1.82, 2.24) is 4.90 Å². The standard InChI is InChI=1S/C13H20N2O/c1-3-8-15(9-10-4-5-10)12(16)13(2,14)11-6-7-11/h1,10-11H,4-9,14H2,2H3. The topological polar surface area (TPSA) is 46.3 Å². The van der Waals surface area contributed by atoms with Crippen LogP contribution in [0, 0.1) is 24.2 Å². The van der Waals surface area contributed by atoms with Crippen LogP contribution in [-0.2, 0) is 4.79 Å². The number of nitrogens with zero attached hydrogens (tertiary/aromatic N) is 1. The molecule has 16 heavy (non-hydrogen) atoms. The lowest BCUT2D eigenvalue weighted by atomic mass is 9.95. The second kappa shape index (κ2) is 4.10. The van der Waals surface area contributed by atoms with E-state index in [-0.39, 0.29) is 5.91 Å². The molecule has 0 aromatic heterocycles. The minimum Gasteiger partial charge on any atom is -0.330 e. The summed E-state index contributed by atoms with van der Waals surface area (Å²) in [5, 5.41) is 0. The zero-order valence-corrected chi connectivity index (χ0v) is 9.91. The zero-order valence-electron chi connectivity index (χ0n) is 9.91. The maximum atomic E-state index is 12.3. The van der Waals surface area contributed by atoms with Crippen molar-refractivity contribution in [2.45, 2.75) is 38.1 Å². The lowest BCUT2D eigenvalue weighted by Crippen LogP contribution is -2.55. The molecule has 3 heteroatoms. The van der Waals surface area contributed by atoms with Gasteiger partial charge in [0.2, 0.25) is 5.91 Å². The van der Waals surface area contributed by atoms with E-state index in [1.54, 1.807) is 4.90 Å². The monoisotopic (exact) mass is 220 g/mol. The number of terminal acetylenes is 1. The fourth-order valence-corrected chi connectivity index (χ4v) is 2.14. The van der Waals surface area contributed by atoms with Crippen LogP contribution in [0.1, 0.15) is 32.6 Å². The van der Waals surface area contributed by atoms with Gasteiger partial charge < -0.3 is 10.6 Å². The molecule has 2 fully saturated rings. The molecule has 3 nitrogen and oxygen atoms in total. The minimum absolute atomic E-state index is 0.0415. The van der Waals surface area contributed by atoms with Crippen molar-refractivity contribution in [1.29, 1.82) is 0 Å². The fraction of sp³-hybridized carbons (Fsp3) is 0.769. The third kappa shape index (κ3) is 2.38. The first kappa shape index (κ1) is 11.5. The lowest BCUT2D eigenvalue weighted by molar-refractivity contribution is -0.136. The van der Waals surface area contributed by atoms with E-state index >= 15 is 0 Å². The first-order chi connectivity index (χ1) is 7.55. The average Bonchev–Trinajstić information content (AvgIpc) is 3.07. The van der Waals surface area contributed by atoms with E-state index in [4.69, 9.17) is 12.2 Å². The van der Waals surface area contributed by atoms with Crippen molar-refractivity contribution in [3.63, 3.8) is 0 Å². The van der Waals surface area contributed by atoms with Gasteiger partial charge in [-0.05, 0) is 44.4 Å². The Kier molecular flexibility index (Phi) is 2.94. The maximum Gasteiger partial charge on any atom is 0.243 e. The molecule has 0 radical (unpaired) electrons. The summed E-state index contributed by atoms with van der Waals surface area (Å²) in [4.78, 5) is 14.1. The van der Waals surface area contributed by atoms with Gasteiger partial charge in [0, 0.05) is 6.54 Å². The molecule has 0 aliphatic heterocycles. The van der Waals surface area contributed by atoms with Crippen molar-refractivity contribution in [3.8, 4) is 12.3 Å². The van der Waals surface area contributed by atoms with E-state index in [0.29, 0.717) is 18.4 Å². The molecule has 2 aliphatic carbocycles. The molecule has 1 amide bonds. The Morgan fingerprint density at radius 3 is 2.56 bits per heavy atom. The molecule has 2 aliphatic rings. The second-order valence-corrected chi connectivity index (χ2v) is 5.39. The summed E-state index contributed by atoms with van der Waals surface area (Å²) in [7, 11) is 0. The Hall–Kier alpha value is -1.01. The smallest absolute Gasteiger partial charge is 0.243 e. The Bertz CT molecular complexity index is 321. The van der Waals surface area contributed by atoms with E-state index in [1.165, 1.54) is 12.8 Å². The van der Waals surface area contributed by atoms with Crippen molar-refractivity contribution in [2.24, 2.45) is 17.6 Å². The van der Waals surface area contributed by atoms with Crippen LogP contribution in [0.25, 0.3) is 0 Å². The largest absolute Gasteiger partial charge is 0.330 e. The van der Waals surface area contributed by atoms with Gasteiger partial charge in [-0.15, -0.1) is 6.42 Å². The van der Waals surface area contributed by atoms with E-state index in [0.717, 1.165) is 19.4 Å². The number of rotatable bonds is 5. The number of carbonyl (C=O) groups is 1. The van der Waals surface area contributed by atoms with E-state index in [9.17, 15) is 4.79 Å². The van der Waals surface area contributed by atoms with Gasteiger partial charge in [-0.25, -0.2) is 0 Å². The molecule has 0 aromatic carbocycles. The van der Waals surface area contributed by atoms with Crippen LogP contribution < -0.4 is 5.73 Å². The highest BCUT2D eigenvalue weighted by Crippen LogP contribution is 2.39. The Morgan fingerprint density at radius 2 is 2.12 bits per heavy atom. The Labute approximate surface area is 97.4 Å². The predicted octanol–water partition coefficient (Wildman–Crippen LogP) is 0.986. The number of hydrogen-bond acceptors (Lipinski definition) is 2. The molecular formula is C13H20N2O. The van der Waals surface area contributed by atoms with Crippen molar-refractivity contribution in [2.75, 3.05) is 13.1 Å². The summed E-state index contributed by atoms with van der Waals surface area (Å²) < 4.78 is 0. The van der Waals surface area contributed by atoms with Crippen LogP contribution in [0.15, 0.2) is 0 Å². The highest BCUT2D eigenvalue weighted by molar-refractivity contribution is 5.86. The number of amides is 1. The molecule has 88 valence electrons. The van der Waals surface area contributed by atoms with Gasteiger partial charge in [0.15, 0.2) is 0 Å². The molecule has 0 heterocycles. The summed E-state index contributed by atoms with van der Waals surface area (Å²) >= 11 is 0. The summed E-state index contributed by atoms with van der Waals surface area (Å²) in [6, 6.07) is 0. The Balaban J connectivity index is 1.99. The quantitative estimate of drug-likeness (QED) is 0.702. The normalized spacial score (nSPS) is 23.3. The molecule has 2 saturated carbocycles. The van der Waals surface area contributed by atoms with Crippen LogP contribution in [0.5, 0.6) is 0 Å². The third-order valence-electron chi connectivity index (χ3n) is 3.63. The predicted molar refractivity (Wildman–Crippen MR) is 63.5 cm³/mol. The third-order valence-corrected chi connectivity index (χ3v) is 3.63. The average molecular weight is 220 g/mol. The van der Waals surface area contributed by atoms with E-state index in [1.807, 2.05) is 6.92 Å². The van der Waals surface area contributed by atoms with Gasteiger partial charge in [0.1, 0.15) is 0 Å². The van der Waals surface area contributed by atoms with E-state index < -0.39 is 5.54 Å². The molecule has 0 saturated heterocycles. The maximum absolute atomic E-state index is 12.3. The number of nitrogens with two attached hydrogens (primary N) is 1. The van der Waals surface area contributed by atoms with Crippen LogP contribution >= 0.6 is 0 Å². The second-order valence-electron chi connectivity index (χ2n) is 5.39. The fourth-order valence-electron chi connectivity index (χ4n) is 2.14. The molecule has 2 rings (SSSR count). The molecule has 0 aromatic rings. The zero-order chi connectivity index (χ0) is 11.8. The molecule has 1 atom stereocenters. The SMILES string of the molecule is C#CCN(CC1CC1)C(=O)C(C)(N)C1CC1. The molecule has 0 bridgehead atoms. The van der Waals surface area contributed by atoms with Crippen LogP contribution in [0.2, 0.25) is 0 Å². The van der Waals surface area contributed by atoms with Crippen LogP contribution in [0.3, 0.4) is 0 Å². The molecule has 2 N–H and O–H groups in total.